The number of nitrogens with one attached hydrogen (secondary N) is 1. The van der Waals surface area contributed by atoms with Crippen LogP contribution in [0.25, 0.3) is 0 Å². The number of aryl methyl sites for hydroxylation is 2. The summed E-state index contributed by atoms with van der Waals surface area (Å²) in [6, 6.07) is 10.4. The van der Waals surface area contributed by atoms with Crippen molar-refractivity contribution in [2.24, 2.45) is 0 Å². The van der Waals surface area contributed by atoms with Gasteiger partial charge in [-0.3, -0.25) is 0 Å². The molecule has 0 heterocycles. The van der Waals surface area contributed by atoms with E-state index in [1.54, 1.807) is 20.0 Å². The van der Waals surface area contributed by atoms with Crippen LogP contribution < -0.4 is 5.32 Å². The predicted octanol–water partition coefficient (Wildman–Crippen LogP) is 4.53. The van der Waals surface area contributed by atoms with Gasteiger partial charge in [0.1, 0.15) is 11.6 Å². The average molecular weight is 289 g/mol. The van der Waals surface area contributed by atoms with Crippen molar-refractivity contribution in [3.8, 4) is 0 Å². The maximum absolute atomic E-state index is 14.1. The van der Waals surface area contributed by atoms with Gasteiger partial charge >= 0.3 is 0 Å². The van der Waals surface area contributed by atoms with Gasteiger partial charge in [0.15, 0.2) is 0 Å². The molecule has 21 heavy (non-hydrogen) atoms. The highest BCUT2D eigenvalue weighted by Gasteiger charge is 2.18. The normalized spacial score (nSPS) is 12.4. The molecule has 0 spiro atoms. The van der Waals surface area contributed by atoms with Crippen LogP contribution in [0.3, 0.4) is 0 Å². The molecule has 2 aromatic rings. The van der Waals surface area contributed by atoms with Crippen molar-refractivity contribution in [2.45, 2.75) is 32.7 Å². The molecular formula is C18H21F2N. The molecule has 2 aromatic carbocycles. The summed E-state index contributed by atoms with van der Waals surface area (Å²) in [5.41, 5.74) is 3.17. The Hall–Kier alpha value is -1.74. The van der Waals surface area contributed by atoms with E-state index in [0.29, 0.717) is 11.1 Å². The van der Waals surface area contributed by atoms with Gasteiger partial charge in [0.25, 0.3) is 0 Å². The van der Waals surface area contributed by atoms with Crippen molar-refractivity contribution in [1.82, 2.24) is 5.32 Å². The third-order valence-electron chi connectivity index (χ3n) is 3.73. The van der Waals surface area contributed by atoms with Crippen LogP contribution >= 0.6 is 0 Å². The van der Waals surface area contributed by atoms with E-state index < -0.39 is 11.6 Å². The molecular weight excluding hydrogens is 268 g/mol. The van der Waals surface area contributed by atoms with Gasteiger partial charge < -0.3 is 5.32 Å². The first-order chi connectivity index (χ1) is 10.1. The lowest BCUT2D eigenvalue weighted by Gasteiger charge is -2.19. The second-order valence-corrected chi connectivity index (χ2v) is 5.34. The topological polar surface area (TPSA) is 12.0 Å². The molecule has 0 amide bonds. The van der Waals surface area contributed by atoms with Crippen LogP contribution in [0.5, 0.6) is 0 Å². The quantitative estimate of drug-likeness (QED) is 0.852. The Morgan fingerprint density at radius 2 is 1.71 bits per heavy atom. The Morgan fingerprint density at radius 1 is 1.05 bits per heavy atom. The molecule has 0 saturated carbocycles. The second kappa shape index (κ2) is 6.81. The van der Waals surface area contributed by atoms with E-state index in [0.717, 1.165) is 24.5 Å². The number of hydrogen-bond donors (Lipinski definition) is 1. The summed E-state index contributed by atoms with van der Waals surface area (Å²) >= 11 is 0. The molecule has 112 valence electrons. The summed E-state index contributed by atoms with van der Waals surface area (Å²) in [7, 11) is 1.78. The molecule has 0 radical (unpaired) electrons. The highest BCUT2D eigenvalue weighted by Crippen LogP contribution is 2.26. The molecule has 0 aliphatic rings. The summed E-state index contributed by atoms with van der Waals surface area (Å²) in [4.78, 5) is 0. The molecule has 0 fully saturated rings. The van der Waals surface area contributed by atoms with E-state index in [-0.39, 0.29) is 6.04 Å². The Labute approximate surface area is 125 Å². The summed E-state index contributed by atoms with van der Waals surface area (Å²) in [5, 5.41) is 3.11. The average Bonchev–Trinajstić information content (AvgIpc) is 2.47. The van der Waals surface area contributed by atoms with Crippen molar-refractivity contribution in [3.05, 3.63) is 70.3 Å². The van der Waals surface area contributed by atoms with Gasteiger partial charge in [-0.15, -0.1) is 0 Å². The van der Waals surface area contributed by atoms with Crippen molar-refractivity contribution in [1.29, 1.82) is 0 Å². The van der Waals surface area contributed by atoms with Crippen molar-refractivity contribution >= 4 is 0 Å². The monoisotopic (exact) mass is 289 g/mol. The molecule has 0 saturated heterocycles. The van der Waals surface area contributed by atoms with E-state index in [1.807, 2.05) is 12.1 Å². The summed E-state index contributed by atoms with van der Waals surface area (Å²) in [6.07, 6.45) is 2.13. The zero-order valence-corrected chi connectivity index (χ0v) is 12.7. The minimum Gasteiger partial charge on any atom is -0.309 e. The number of benzene rings is 2. The van der Waals surface area contributed by atoms with Gasteiger partial charge in [0, 0.05) is 11.6 Å². The van der Waals surface area contributed by atoms with E-state index in [1.165, 1.54) is 5.56 Å². The first kappa shape index (κ1) is 15.6. The highest BCUT2D eigenvalue weighted by molar-refractivity contribution is 5.36. The molecule has 0 aliphatic heterocycles. The number of rotatable bonds is 5. The van der Waals surface area contributed by atoms with Crippen LogP contribution in [-0.4, -0.2) is 7.05 Å². The third kappa shape index (κ3) is 3.48. The van der Waals surface area contributed by atoms with Gasteiger partial charge in [0.05, 0.1) is 6.04 Å². The zero-order chi connectivity index (χ0) is 15.4. The maximum Gasteiger partial charge on any atom is 0.131 e. The number of hydrogen-bond acceptors (Lipinski definition) is 1. The molecule has 2 rings (SSSR count). The highest BCUT2D eigenvalue weighted by atomic mass is 19.1. The second-order valence-electron chi connectivity index (χ2n) is 5.34. The Morgan fingerprint density at radius 3 is 2.29 bits per heavy atom. The molecule has 1 nitrogen and oxygen atoms in total. The Balaban J connectivity index is 2.37. The van der Waals surface area contributed by atoms with Gasteiger partial charge in [-0.05, 0) is 43.1 Å². The summed E-state index contributed by atoms with van der Waals surface area (Å²) in [5.74, 6) is -1.03. The minimum atomic E-state index is -0.518. The lowest BCUT2D eigenvalue weighted by atomic mass is 9.95. The predicted molar refractivity (Wildman–Crippen MR) is 82.4 cm³/mol. The molecule has 1 atom stereocenters. The van der Waals surface area contributed by atoms with Crippen molar-refractivity contribution in [3.63, 3.8) is 0 Å². The van der Waals surface area contributed by atoms with Gasteiger partial charge in [-0.2, -0.15) is 0 Å². The van der Waals surface area contributed by atoms with Crippen molar-refractivity contribution < 1.29 is 8.78 Å². The molecule has 0 aromatic heterocycles. The van der Waals surface area contributed by atoms with Crippen LogP contribution in [0.2, 0.25) is 0 Å². The third-order valence-corrected chi connectivity index (χ3v) is 3.73. The molecule has 0 bridgehead atoms. The molecule has 0 aliphatic carbocycles. The Bertz CT molecular complexity index is 605. The van der Waals surface area contributed by atoms with Crippen LogP contribution in [0.1, 0.15) is 41.6 Å². The molecule has 1 N–H and O–H groups in total. The first-order valence-corrected chi connectivity index (χ1v) is 7.28. The fourth-order valence-electron chi connectivity index (χ4n) is 2.57. The Kier molecular flexibility index (Phi) is 5.07. The fourth-order valence-corrected chi connectivity index (χ4v) is 2.57. The largest absolute Gasteiger partial charge is 0.309 e. The van der Waals surface area contributed by atoms with Gasteiger partial charge in [0.2, 0.25) is 0 Å². The summed E-state index contributed by atoms with van der Waals surface area (Å²) in [6.45, 7) is 3.79. The van der Waals surface area contributed by atoms with E-state index in [9.17, 15) is 8.78 Å². The molecule has 1 unspecified atom stereocenters. The standard InChI is InChI=1S/C18H21F2N/c1-4-5-13-6-8-14(9-7-13)18(21-3)15-10-12(2)16(19)11-17(15)20/h6-11,18,21H,4-5H2,1-3H3. The zero-order valence-electron chi connectivity index (χ0n) is 12.7. The summed E-state index contributed by atoms with van der Waals surface area (Å²) < 4.78 is 27.5. The SMILES string of the molecule is CCCc1ccc(C(NC)c2cc(C)c(F)cc2F)cc1. The fraction of sp³-hybridized carbons (Fsp3) is 0.333. The lowest BCUT2D eigenvalue weighted by Crippen LogP contribution is -2.19. The maximum atomic E-state index is 14.1. The smallest absolute Gasteiger partial charge is 0.131 e. The minimum absolute atomic E-state index is 0.278. The number of halogens is 2. The lowest BCUT2D eigenvalue weighted by molar-refractivity contribution is 0.547. The first-order valence-electron chi connectivity index (χ1n) is 7.28. The van der Waals surface area contributed by atoms with Crippen LogP contribution in [0, 0.1) is 18.6 Å². The van der Waals surface area contributed by atoms with Crippen LogP contribution in [0.15, 0.2) is 36.4 Å². The van der Waals surface area contributed by atoms with Crippen molar-refractivity contribution in [2.75, 3.05) is 7.05 Å². The van der Waals surface area contributed by atoms with E-state index in [2.05, 4.69) is 24.4 Å². The van der Waals surface area contributed by atoms with E-state index in [4.69, 9.17) is 0 Å². The van der Waals surface area contributed by atoms with Gasteiger partial charge in [-0.25, -0.2) is 8.78 Å². The van der Waals surface area contributed by atoms with Crippen LogP contribution in [-0.2, 0) is 6.42 Å². The van der Waals surface area contributed by atoms with Gasteiger partial charge in [-0.1, -0.05) is 37.6 Å². The van der Waals surface area contributed by atoms with Crippen LogP contribution in [0.4, 0.5) is 8.78 Å². The van der Waals surface area contributed by atoms with E-state index >= 15 is 0 Å². The molecule has 3 heteroatoms.